The zero-order valence-corrected chi connectivity index (χ0v) is 17.0. The fourth-order valence-electron chi connectivity index (χ4n) is 4.70. The highest BCUT2D eigenvalue weighted by atomic mass is 16.2. The third kappa shape index (κ3) is 4.19. The molecule has 1 spiro atoms. The van der Waals surface area contributed by atoms with Gasteiger partial charge in [-0.15, -0.1) is 0 Å². The van der Waals surface area contributed by atoms with Crippen LogP contribution >= 0.6 is 0 Å². The molecule has 1 heterocycles. The van der Waals surface area contributed by atoms with Crippen LogP contribution in [0.4, 0.5) is 4.79 Å². The molecule has 0 aromatic carbocycles. The summed E-state index contributed by atoms with van der Waals surface area (Å²) in [6, 6.07) is -0.459. The lowest BCUT2D eigenvalue weighted by atomic mass is 9.64. The van der Waals surface area contributed by atoms with E-state index in [1.165, 1.54) is 0 Å². The maximum atomic E-state index is 13.1. The van der Waals surface area contributed by atoms with Crippen molar-refractivity contribution in [3.05, 3.63) is 0 Å². The van der Waals surface area contributed by atoms with Crippen molar-refractivity contribution in [1.29, 1.82) is 0 Å². The molecule has 1 saturated carbocycles. The van der Waals surface area contributed by atoms with Gasteiger partial charge in [0.05, 0.1) is 0 Å². The van der Waals surface area contributed by atoms with Crippen LogP contribution in [0.5, 0.6) is 0 Å². The minimum absolute atomic E-state index is 0.0252. The van der Waals surface area contributed by atoms with Crippen LogP contribution in [0.15, 0.2) is 0 Å². The second-order valence-electron chi connectivity index (χ2n) is 9.88. The van der Waals surface area contributed by atoms with Crippen molar-refractivity contribution in [3.8, 4) is 0 Å². The number of likely N-dealkylation sites (N-methyl/N-ethyl adjacent to an activating group) is 1. The lowest BCUT2D eigenvalue weighted by molar-refractivity contribution is -0.140. The molecule has 2 unspecified atom stereocenters. The molecule has 0 aromatic heterocycles. The Morgan fingerprint density at radius 3 is 2.50 bits per heavy atom. The number of hydrogen-bond donors (Lipinski definition) is 2. The summed E-state index contributed by atoms with van der Waals surface area (Å²) >= 11 is 0. The highest BCUT2D eigenvalue weighted by molar-refractivity contribution is 6.09. The van der Waals surface area contributed by atoms with Crippen molar-refractivity contribution < 1.29 is 14.4 Å². The van der Waals surface area contributed by atoms with Crippen molar-refractivity contribution in [2.75, 3.05) is 26.7 Å². The first-order chi connectivity index (χ1) is 11.8. The van der Waals surface area contributed by atoms with Gasteiger partial charge in [-0.25, -0.2) is 4.79 Å². The molecule has 4 amide bonds. The van der Waals surface area contributed by atoms with Gasteiger partial charge in [-0.2, -0.15) is 0 Å². The van der Waals surface area contributed by atoms with Crippen LogP contribution in [-0.2, 0) is 9.59 Å². The molecule has 1 saturated heterocycles. The van der Waals surface area contributed by atoms with Gasteiger partial charge in [-0.05, 0) is 42.6 Å². The summed E-state index contributed by atoms with van der Waals surface area (Å²) in [7, 11) is 1.68. The lowest BCUT2D eigenvalue weighted by Crippen LogP contribution is -2.54. The minimum atomic E-state index is -0.867. The molecule has 0 radical (unpaired) electrons. The second kappa shape index (κ2) is 6.83. The summed E-state index contributed by atoms with van der Waals surface area (Å²) in [5, 5.41) is 2.91. The Labute approximate surface area is 156 Å². The Balaban J connectivity index is 2.11. The van der Waals surface area contributed by atoms with E-state index >= 15 is 0 Å². The van der Waals surface area contributed by atoms with E-state index in [1.807, 2.05) is 13.8 Å². The predicted octanol–water partition coefficient (Wildman–Crippen LogP) is 1.57. The number of nitrogens with two attached hydrogens (primary N) is 1. The molecule has 2 rings (SSSR count). The molecule has 2 atom stereocenters. The van der Waals surface area contributed by atoms with Gasteiger partial charge >= 0.3 is 6.03 Å². The highest BCUT2D eigenvalue weighted by Gasteiger charge is 2.56. The van der Waals surface area contributed by atoms with E-state index in [2.05, 4.69) is 26.1 Å². The minimum Gasteiger partial charge on any atom is -0.344 e. The van der Waals surface area contributed by atoms with E-state index in [1.54, 1.807) is 11.9 Å². The van der Waals surface area contributed by atoms with Gasteiger partial charge in [0.15, 0.2) is 0 Å². The average Bonchev–Trinajstić information content (AvgIpc) is 2.68. The lowest BCUT2D eigenvalue weighted by Gasteiger charge is -2.43. The van der Waals surface area contributed by atoms with E-state index in [0.29, 0.717) is 31.8 Å². The first kappa shape index (κ1) is 20.7. The monoisotopic (exact) mass is 366 g/mol. The number of carbonyl (C=O) groups excluding carboxylic acids is 3. The molecule has 3 N–H and O–H groups in total. The third-order valence-electron chi connectivity index (χ3n) is 5.56. The summed E-state index contributed by atoms with van der Waals surface area (Å²) in [5.74, 6) is -0.177. The molecule has 2 fully saturated rings. The number of hydrogen-bond acceptors (Lipinski definition) is 4. The number of nitrogens with one attached hydrogen (secondary N) is 1. The first-order valence-electron chi connectivity index (χ1n) is 9.39. The van der Waals surface area contributed by atoms with Gasteiger partial charge in [0.1, 0.15) is 12.1 Å². The van der Waals surface area contributed by atoms with Crippen LogP contribution in [-0.4, -0.2) is 59.9 Å². The van der Waals surface area contributed by atoms with Gasteiger partial charge in [0, 0.05) is 13.6 Å². The molecular weight excluding hydrogens is 332 g/mol. The van der Waals surface area contributed by atoms with E-state index in [9.17, 15) is 14.4 Å². The SMILES string of the molecule is CC1CC(C)(C)CC2(C1)NC(=O)N(CC(=O)N(C)CC(C)(C)CN)C2=O. The molecule has 2 aliphatic rings. The van der Waals surface area contributed by atoms with E-state index in [-0.39, 0.29) is 29.2 Å². The normalized spacial score (nSPS) is 28.4. The molecular formula is C19H34N4O3. The van der Waals surface area contributed by atoms with Crippen LogP contribution in [0.2, 0.25) is 0 Å². The smallest absolute Gasteiger partial charge is 0.325 e. The standard InChI is InChI=1S/C19H34N4O3/c1-13-7-17(2,3)10-19(8-13)15(25)23(16(26)21-19)9-14(24)22(6)12-18(4,5)11-20/h13H,7-12,20H2,1-6H3,(H,21,26). The Hall–Kier alpha value is -1.63. The Bertz CT molecular complexity index is 602. The number of rotatable bonds is 5. The molecule has 7 nitrogen and oxygen atoms in total. The summed E-state index contributed by atoms with van der Waals surface area (Å²) < 4.78 is 0. The fraction of sp³-hybridized carbons (Fsp3) is 0.842. The summed E-state index contributed by atoms with van der Waals surface area (Å²) in [5.41, 5.74) is 4.62. The zero-order valence-electron chi connectivity index (χ0n) is 17.0. The molecule has 7 heteroatoms. The van der Waals surface area contributed by atoms with Crippen LogP contribution in [0.25, 0.3) is 0 Å². The van der Waals surface area contributed by atoms with Gasteiger partial charge in [0.25, 0.3) is 5.91 Å². The largest absolute Gasteiger partial charge is 0.344 e. The van der Waals surface area contributed by atoms with Crippen LogP contribution in [0.1, 0.15) is 53.9 Å². The summed E-state index contributed by atoms with van der Waals surface area (Å²) in [6.07, 6.45) is 2.26. The third-order valence-corrected chi connectivity index (χ3v) is 5.56. The molecule has 148 valence electrons. The van der Waals surface area contributed by atoms with Gasteiger partial charge in [0.2, 0.25) is 5.91 Å². The molecule has 0 bridgehead atoms. The van der Waals surface area contributed by atoms with Gasteiger partial charge in [-0.1, -0.05) is 34.6 Å². The number of nitrogens with zero attached hydrogens (tertiary/aromatic N) is 2. The van der Waals surface area contributed by atoms with Gasteiger partial charge in [-0.3, -0.25) is 14.5 Å². The quantitative estimate of drug-likeness (QED) is 0.722. The Morgan fingerprint density at radius 2 is 1.96 bits per heavy atom. The molecule has 0 aromatic rings. The van der Waals surface area contributed by atoms with Crippen molar-refractivity contribution >= 4 is 17.8 Å². The van der Waals surface area contributed by atoms with Crippen molar-refractivity contribution in [1.82, 2.24) is 15.1 Å². The topological polar surface area (TPSA) is 95.7 Å². The fourth-order valence-corrected chi connectivity index (χ4v) is 4.70. The van der Waals surface area contributed by atoms with Crippen molar-refractivity contribution in [2.45, 2.75) is 59.4 Å². The molecule has 1 aliphatic carbocycles. The average molecular weight is 367 g/mol. The number of imide groups is 1. The van der Waals surface area contributed by atoms with Crippen molar-refractivity contribution in [2.24, 2.45) is 22.5 Å². The zero-order chi connectivity index (χ0) is 19.9. The van der Waals surface area contributed by atoms with E-state index < -0.39 is 11.6 Å². The number of urea groups is 1. The predicted molar refractivity (Wildman–Crippen MR) is 100 cm³/mol. The number of carbonyl (C=O) groups is 3. The Kier molecular flexibility index (Phi) is 5.43. The molecule has 26 heavy (non-hydrogen) atoms. The second-order valence-corrected chi connectivity index (χ2v) is 9.88. The van der Waals surface area contributed by atoms with E-state index in [0.717, 1.165) is 11.3 Å². The molecule has 1 aliphatic heterocycles. The van der Waals surface area contributed by atoms with E-state index in [4.69, 9.17) is 5.73 Å². The van der Waals surface area contributed by atoms with Crippen molar-refractivity contribution in [3.63, 3.8) is 0 Å². The maximum absolute atomic E-state index is 13.1. The first-order valence-corrected chi connectivity index (χ1v) is 9.39. The summed E-state index contributed by atoms with van der Waals surface area (Å²) in [4.78, 5) is 40.7. The van der Waals surface area contributed by atoms with Crippen LogP contribution in [0.3, 0.4) is 0 Å². The van der Waals surface area contributed by atoms with Crippen LogP contribution in [0, 0.1) is 16.7 Å². The summed E-state index contributed by atoms with van der Waals surface area (Å²) in [6.45, 7) is 11.0. The van der Waals surface area contributed by atoms with Crippen LogP contribution < -0.4 is 11.1 Å². The maximum Gasteiger partial charge on any atom is 0.325 e. The highest BCUT2D eigenvalue weighted by Crippen LogP contribution is 2.46. The Morgan fingerprint density at radius 1 is 1.35 bits per heavy atom. The number of amides is 4. The van der Waals surface area contributed by atoms with Gasteiger partial charge < -0.3 is 16.0 Å².